The molecular weight excluding hydrogens is 438 g/mol. The van der Waals surface area contributed by atoms with Crippen molar-refractivity contribution in [3.05, 3.63) is 54.6 Å². The molecule has 2 aliphatic carbocycles. The molecule has 182 valence electrons. The van der Waals surface area contributed by atoms with E-state index >= 15 is 0 Å². The quantitative estimate of drug-likeness (QED) is 0.366. The zero-order valence-corrected chi connectivity index (χ0v) is 20.0. The first-order valence-corrected chi connectivity index (χ1v) is 12.8. The molecule has 0 atom stereocenters. The van der Waals surface area contributed by atoms with Gasteiger partial charge in [-0.2, -0.15) is 15.1 Å². The van der Waals surface area contributed by atoms with E-state index in [1.54, 1.807) is 6.20 Å². The summed E-state index contributed by atoms with van der Waals surface area (Å²) in [7, 11) is 0. The van der Waals surface area contributed by atoms with Crippen LogP contribution in [0.1, 0.15) is 63.0 Å². The Morgan fingerprint density at radius 3 is 2.51 bits per heavy atom. The van der Waals surface area contributed by atoms with Crippen LogP contribution in [0.4, 0.5) is 11.8 Å². The number of rotatable bonds is 7. The molecule has 35 heavy (non-hydrogen) atoms. The summed E-state index contributed by atoms with van der Waals surface area (Å²) >= 11 is 0. The monoisotopic (exact) mass is 471 g/mol. The number of hydrogen-bond acceptors (Lipinski definition) is 7. The standard InChI is InChI=1S/C26H33N9/c27-19-8-10-20(11-9-19)31-26-32-24(23-25(33-26)34(17-29-23)21-4-1-2-5-21)28-16-18-6-12-22(13-7-18)35-15-3-14-30-35/h3,6-7,12-15,17,19-21H,1-2,4-5,8-11,16,27H2,(H2,28,31,32,33). The minimum atomic E-state index is 0.317. The highest BCUT2D eigenvalue weighted by molar-refractivity contribution is 5.84. The van der Waals surface area contributed by atoms with Gasteiger partial charge in [0.05, 0.1) is 12.0 Å². The maximum atomic E-state index is 6.11. The highest BCUT2D eigenvalue weighted by atomic mass is 15.3. The Bertz CT molecular complexity index is 1250. The number of aromatic nitrogens is 6. The number of imidazole rings is 1. The van der Waals surface area contributed by atoms with E-state index in [4.69, 9.17) is 20.7 Å². The maximum absolute atomic E-state index is 6.11. The van der Waals surface area contributed by atoms with Crippen LogP contribution in [0, 0.1) is 0 Å². The van der Waals surface area contributed by atoms with Crippen LogP contribution in [0.2, 0.25) is 0 Å². The van der Waals surface area contributed by atoms with E-state index in [1.807, 2.05) is 23.3 Å². The van der Waals surface area contributed by atoms with Crippen molar-refractivity contribution in [3.8, 4) is 5.69 Å². The lowest BCUT2D eigenvalue weighted by molar-refractivity contribution is 0.410. The molecule has 0 unspecified atom stereocenters. The van der Waals surface area contributed by atoms with Gasteiger partial charge in [0.2, 0.25) is 5.95 Å². The van der Waals surface area contributed by atoms with E-state index in [0.29, 0.717) is 30.6 Å². The molecule has 4 aromatic rings. The lowest BCUT2D eigenvalue weighted by Crippen LogP contribution is -2.33. The van der Waals surface area contributed by atoms with Crippen molar-refractivity contribution in [1.29, 1.82) is 0 Å². The van der Waals surface area contributed by atoms with Crippen molar-refractivity contribution < 1.29 is 0 Å². The topological polar surface area (TPSA) is 112 Å². The van der Waals surface area contributed by atoms with Gasteiger partial charge in [-0.05, 0) is 62.3 Å². The Balaban J connectivity index is 1.25. The van der Waals surface area contributed by atoms with E-state index in [-0.39, 0.29) is 0 Å². The molecule has 3 heterocycles. The summed E-state index contributed by atoms with van der Waals surface area (Å²) in [5.74, 6) is 1.45. The lowest BCUT2D eigenvalue weighted by Gasteiger charge is -2.27. The molecule has 2 saturated carbocycles. The molecule has 1 aromatic carbocycles. The van der Waals surface area contributed by atoms with Crippen molar-refractivity contribution in [3.63, 3.8) is 0 Å². The highest BCUT2D eigenvalue weighted by Crippen LogP contribution is 2.33. The smallest absolute Gasteiger partial charge is 0.227 e. The number of nitrogens with one attached hydrogen (secondary N) is 2. The molecule has 2 aliphatic rings. The number of anilines is 2. The van der Waals surface area contributed by atoms with Crippen LogP contribution in [0.15, 0.2) is 49.1 Å². The van der Waals surface area contributed by atoms with Crippen molar-refractivity contribution in [2.24, 2.45) is 5.73 Å². The van der Waals surface area contributed by atoms with Crippen LogP contribution in [0.3, 0.4) is 0 Å². The summed E-state index contributed by atoms with van der Waals surface area (Å²) in [6.07, 6.45) is 14.8. The van der Waals surface area contributed by atoms with Gasteiger partial charge >= 0.3 is 0 Å². The molecule has 3 aromatic heterocycles. The van der Waals surface area contributed by atoms with E-state index in [1.165, 1.54) is 31.2 Å². The zero-order chi connectivity index (χ0) is 23.6. The number of benzene rings is 1. The van der Waals surface area contributed by atoms with Gasteiger partial charge in [0.1, 0.15) is 0 Å². The molecule has 0 amide bonds. The van der Waals surface area contributed by atoms with E-state index in [2.05, 4.69) is 44.6 Å². The molecule has 0 aliphatic heterocycles. The number of hydrogen-bond donors (Lipinski definition) is 3. The molecular formula is C26H33N9. The molecule has 0 bridgehead atoms. The predicted octanol–water partition coefficient (Wildman–Crippen LogP) is 4.42. The first kappa shape index (κ1) is 22.0. The third-order valence-corrected chi connectivity index (χ3v) is 7.41. The second-order valence-electron chi connectivity index (χ2n) is 9.88. The lowest BCUT2D eigenvalue weighted by atomic mass is 9.92. The predicted molar refractivity (Wildman–Crippen MR) is 138 cm³/mol. The average molecular weight is 472 g/mol. The van der Waals surface area contributed by atoms with E-state index < -0.39 is 0 Å². The summed E-state index contributed by atoms with van der Waals surface area (Å²) in [6, 6.07) is 11.5. The molecule has 9 heteroatoms. The molecule has 0 saturated heterocycles. The molecule has 6 rings (SSSR count). The van der Waals surface area contributed by atoms with Gasteiger partial charge in [0, 0.05) is 37.1 Å². The Labute approximate surface area is 205 Å². The summed E-state index contributed by atoms with van der Waals surface area (Å²) in [6.45, 7) is 0.652. The van der Waals surface area contributed by atoms with Gasteiger partial charge < -0.3 is 20.9 Å². The average Bonchev–Trinajstić information content (AvgIpc) is 3.66. The number of nitrogens with two attached hydrogens (primary N) is 1. The summed E-state index contributed by atoms with van der Waals surface area (Å²) in [5.41, 5.74) is 10.1. The largest absolute Gasteiger partial charge is 0.364 e. The van der Waals surface area contributed by atoms with Crippen LogP contribution in [0.25, 0.3) is 16.9 Å². The van der Waals surface area contributed by atoms with Crippen molar-refractivity contribution in [2.45, 2.75) is 76.0 Å². The summed E-state index contributed by atoms with van der Waals surface area (Å²) in [5, 5.41) is 11.4. The Hall–Kier alpha value is -3.46. The molecule has 9 nitrogen and oxygen atoms in total. The summed E-state index contributed by atoms with van der Waals surface area (Å²) in [4.78, 5) is 14.6. The minimum Gasteiger partial charge on any atom is -0.364 e. The van der Waals surface area contributed by atoms with Gasteiger partial charge in [-0.3, -0.25) is 0 Å². The fourth-order valence-electron chi connectivity index (χ4n) is 5.37. The summed E-state index contributed by atoms with van der Waals surface area (Å²) < 4.78 is 4.12. The van der Waals surface area contributed by atoms with Crippen LogP contribution >= 0.6 is 0 Å². The first-order chi connectivity index (χ1) is 17.2. The normalized spacial score (nSPS) is 20.9. The third kappa shape index (κ3) is 4.73. The number of nitrogens with zero attached hydrogens (tertiary/aromatic N) is 6. The van der Waals surface area contributed by atoms with Gasteiger partial charge in [-0.1, -0.05) is 25.0 Å². The van der Waals surface area contributed by atoms with Gasteiger partial charge in [-0.25, -0.2) is 9.67 Å². The Kier molecular flexibility index (Phi) is 6.08. The third-order valence-electron chi connectivity index (χ3n) is 7.41. The second-order valence-corrected chi connectivity index (χ2v) is 9.88. The fraction of sp³-hybridized carbons (Fsp3) is 0.462. The van der Waals surface area contributed by atoms with Crippen LogP contribution in [-0.2, 0) is 6.54 Å². The Morgan fingerprint density at radius 2 is 1.77 bits per heavy atom. The highest BCUT2D eigenvalue weighted by Gasteiger charge is 2.23. The SMILES string of the molecule is NC1CCC(Nc2nc(NCc3ccc(-n4cccn4)cc3)c3ncn(C4CCCC4)c3n2)CC1. The molecule has 2 fully saturated rings. The van der Waals surface area contributed by atoms with E-state index in [0.717, 1.165) is 48.4 Å². The van der Waals surface area contributed by atoms with Gasteiger partial charge in [-0.15, -0.1) is 0 Å². The van der Waals surface area contributed by atoms with Crippen molar-refractivity contribution in [1.82, 2.24) is 29.3 Å². The second kappa shape index (κ2) is 9.65. The zero-order valence-electron chi connectivity index (χ0n) is 20.0. The first-order valence-electron chi connectivity index (χ1n) is 12.8. The maximum Gasteiger partial charge on any atom is 0.227 e. The van der Waals surface area contributed by atoms with Crippen LogP contribution < -0.4 is 16.4 Å². The Morgan fingerprint density at radius 1 is 0.971 bits per heavy atom. The van der Waals surface area contributed by atoms with Gasteiger partial charge in [0.15, 0.2) is 17.0 Å². The van der Waals surface area contributed by atoms with Crippen molar-refractivity contribution >= 4 is 22.9 Å². The van der Waals surface area contributed by atoms with Crippen LogP contribution in [-0.4, -0.2) is 41.4 Å². The van der Waals surface area contributed by atoms with Crippen LogP contribution in [0.5, 0.6) is 0 Å². The molecule has 4 N–H and O–H groups in total. The molecule has 0 radical (unpaired) electrons. The van der Waals surface area contributed by atoms with Gasteiger partial charge in [0.25, 0.3) is 0 Å². The minimum absolute atomic E-state index is 0.317. The van der Waals surface area contributed by atoms with Crippen molar-refractivity contribution in [2.75, 3.05) is 10.6 Å². The fourth-order valence-corrected chi connectivity index (χ4v) is 5.37. The molecule has 0 spiro atoms. The van der Waals surface area contributed by atoms with E-state index in [9.17, 15) is 0 Å². The number of fused-ring (bicyclic) bond motifs is 1.